The topological polar surface area (TPSA) is 29.3 Å². The van der Waals surface area contributed by atoms with Crippen LogP contribution in [0.15, 0.2) is 29.6 Å². The van der Waals surface area contributed by atoms with Gasteiger partial charge in [-0.25, -0.2) is 0 Å². The van der Waals surface area contributed by atoms with Crippen molar-refractivity contribution in [1.29, 1.82) is 0 Å². The number of rotatable bonds is 2. The fourth-order valence-corrected chi connectivity index (χ4v) is 3.60. The monoisotopic (exact) mass is 278 g/mol. The van der Waals surface area contributed by atoms with Crippen molar-refractivity contribution in [3.63, 3.8) is 0 Å². The van der Waals surface area contributed by atoms with Crippen LogP contribution in [0.3, 0.4) is 0 Å². The summed E-state index contributed by atoms with van der Waals surface area (Å²) >= 11 is 7.69. The molecular weight excluding hydrogens is 264 g/mol. The Hall–Kier alpha value is -1.19. The molecule has 2 nitrogen and oxygen atoms in total. The Bertz CT molecular complexity index is 565. The van der Waals surface area contributed by atoms with Gasteiger partial charge in [0.1, 0.15) is 0 Å². The molecule has 0 fully saturated rings. The van der Waals surface area contributed by atoms with Gasteiger partial charge in [-0.05, 0) is 36.6 Å². The molecule has 0 amide bonds. The lowest BCUT2D eigenvalue weighted by atomic mass is 10.00. The minimum atomic E-state index is 0.833. The predicted molar refractivity (Wildman–Crippen MR) is 79.6 cm³/mol. The smallest absolute Gasteiger partial charge is 0.0523 e. The van der Waals surface area contributed by atoms with Gasteiger partial charge in [0.25, 0.3) is 0 Å². The molecular formula is C14H15ClN2S. The normalized spacial score (nSPS) is 14.6. The number of anilines is 2. The Morgan fingerprint density at radius 2 is 2.28 bits per heavy atom. The van der Waals surface area contributed by atoms with Crippen molar-refractivity contribution < 1.29 is 0 Å². The summed E-state index contributed by atoms with van der Waals surface area (Å²) in [6.45, 7) is 2.01. The van der Waals surface area contributed by atoms with Gasteiger partial charge in [0, 0.05) is 28.2 Å². The molecule has 18 heavy (non-hydrogen) atoms. The van der Waals surface area contributed by atoms with Crippen LogP contribution in [-0.4, -0.2) is 6.54 Å². The van der Waals surface area contributed by atoms with E-state index in [1.54, 1.807) is 11.3 Å². The average molecular weight is 279 g/mol. The summed E-state index contributed by atoms with van der Waals surface area (Å²) in [6.07, 6.45) is 2.25. The first-order valence-electron chi connectivity index (χ1n) is 6.09. The maximum atomic E-state index is 6.06. The van der Waals surface area contributed by atoms with E-state index >= 15 is 0 Å². The predicted octanol–water partition coefficient (Wildman–Crippen LogP) is 3.94. The molecule has 94 valence electrons. The molecule has 2 N–H and O–H groups in total. The molecule has 0 spiro atoms. The van der Waals surface area contributed by atoms with Crippen molar-refractivity contribution in [3.8, 4) is 0 Å². The highest BCUT2D eigenvalue weighted by Gasteiger charge is 2.18. The van der Waals surface area contributed by atoms with Crippen LogP contribution in [0.4, 0.5) is 11.4 Å². The highest BCUT2D eigenvalue weighted by molar-refractivity contribution is 7.10. The fraction of sp³-hybridized carbons (Fsp3) is 0.286. The van der Waals surface area contributed by atoms with E-state index in [1.165, 1.54) is 22.5 Å². The van der Waals surface area contributed by atoms with E-state index in [0.717, 1.165) is 30.2 Å². The second-order valence-electron chi connectivity index (χ2n) is 4.60. The highest BCUT2D eigenvalue weighted by atomic mass is 35.5. The Balaban J connectivity index is 1.89. The lowest BCUT2D eigenvalue weighted by molar-refractivity contribution is 0.696. The summed E-state index contributed by atoms with van der Waals surface area (Å²) in [5.74, 6) is 0. The Kier molecular flexibility index (Phi) is 3.18. The Morgan fingerprint density at radius 1 is 1.39 bits per heavy atom. The van der Waals surface area contributed by atoms with E-state index in [9.17, 15) is 0 Å². The van der Waals surface area contributed by atoms with Crippen molar-refractivity contribution in [2.24, 2.45) is 0 Å². The fourth-order valence-electron chi connectivity index (χ4n) is 2.52. The van der Waals surface area contributed by atoms with E-state index < -0.39 is 0 Å². The molecule has 1 aromatic carbocycles. The zero-order valence-electron chi connectivity index (χ0n) is 10.0. The molecule has 0 bridgehead atoms. The number of hydrogen-bond acceptors (Lipinski definition) is 3. The van der Waals surface area contributed by atoms with Gasteiger partial charge in [-0.15, -0.1) is 11.3 Å². The van der Waals surface area contributed by atoms with Crippen molar-refractivity contribution in [2.75, 3.05) is 17.2 Å². The Labute approximate surface area is 116 Å². The molecule has 2 aromatic rings. The summed E-state index contributed by atoms with van der Waals surface area (Å²) in [7, 11) is 0. The first-order chi connectivity index (χ1) is 8.74. The molecule has 1 aliphatic heterocycles. The van der Waals surface area contributed by atoms with Crippen LogP contribution in [0, 0.1) is 0 Å². The molecule has 1 aromatic heterocycles. The van der Waals surface area contributed by atoms with E-state index in [2.05, 4.69) is 11.0 Å². The number of nitrogen functional groups attached to an aromatic ring is 1. The average Bonchev–Trinajstić information content (AvgIpc) is 2.76. The maximum absolute atomic E-state index is 6.06. The summed E-state index contributed by atoms with van der Waals surface area (Å²) in [6, 6.07) is 8.24. The molecule has 0 unspecified atom stereocenters. The van der Waals surface area contributed by atoms with Gasteiger partial charge in [-0.3, -0.25) is 0 Å². The lowest BCUT2D eigenvalue weighted by Crippen LogP contribution is -2.28. The zero-order valence-corrected chi connectivity index (χ0v) is 11.6. The standard InChI is InChI=1S/C14H15ClN2S/c15-10-7-11(18-9-10)8-17-6-2-3-12-13(16)4-1-5-14(12)17/h1,4-5,7,9H,2-3,6,8,16H2. The van der Waals surface area contributed by atoms with Crippen molar-refractivity contribution in [1.82, 2.24) is 0 Å². The zero-order chi connectivity index (χ0) is 12.5. The molecule has 0 radical (unpaired) electrons. The molecule has 4 heteroatoms. The number of fused-ring (bicyclic) bond motifs is 1. The number of benzene rings is 1. The van der Waals surface area contributed by atoms with Crippen LogP contribution in [0.5, 0.6) is 0 Å². The quantitative estimate of drug-likeness (QED) is 0.843. The summed E-state index contributed by atoms with van der Waals surface area (Å²) < 4.78 is 0. The molecule has 3 rings (SSSR count). The van der Waals surface area contributed by atoms with Gasteiger partial charge in [-0.2, -0.15) is 0 Å². The largest absolute Gasteiger partial charge is 0.398 e. The number of hydrogen-bond donors (Lipinski definition) is 1. The second-order valence-corrected chi connectivity index (χ2v) is 6.03. The van der Waals surface area contributed by atoms with Crippen LogP contribution in [0.25, 0.3) is 0 Å². The van der Waals surface area contributed by atoms with E-state index in [1.807, 2.05) is 23.6 Å². The third kappa shape index (κ3) is 2.20. The second kappa shape index (κ2) is 4.82. The van der Waals surface area contributed by atoms with Gasteiger partial charge < -0.3 is 10.6 Å². The van der Waals surface area contributed by atoms with E-state index in [0.29, 0.717) is 0 Å². The number of thiophene rings is 1. The molecule has 0 aliphatic carbocycles. The third-order valence-electron chi connectivity index (χ3n) is 3.35. The van der Waals surface area contributed by atoms with Gasteiger partial charge in [0.15, 0.2) is 0 Å². The SMILES string of the molecule is Nc1cccc2c1CCCN2Cc1cc(Cl)cs1. The summed E-state index contributed by atoms with van der Waals surface area (Å²) in [5.41, 5.74) is 9.55. The molecule has 0 atom stereocenters. The first-order valence-corrected chi connectivity index (χ1v) is 7.35. The number of nitrogens with zero attached hydrogens (tertiary/aromatic N) is 1. The van der Waals surface area contributed by atoms with Crippen LogP contribution in [0.1, 0.15) is 16.9 Å². The molecule has 0 saturated heterocycles. The summed E-state index contributed by atoms with van der Waals surface area (Å²) in [4.78, 5) is 3.70. The van der Waals surface area contributed by atoms with E-state index in [4.69, 9.17) is 17.3 Å². The Morgan fingerprint density at radius 3 is 3.06 bits per heavy atom. The first kappa shape index (κ1) is 11.9. The van der Waals surface area contributed by atoms with Crippen molar-refractivity contribution in [3.05, 3.63) is 45.1 Å². The molecule has 1 aliphatic rings. The maximum Gasteiger partial charge on any atom is 0.0523 e. The van der Waals surface area contributed by atoms with Crippen LogP contribution < -0.4 is 10.6 Å². The van der Waals surface area contributed by atoms with Crippen molar-refractivity contribution in [2.45, 2.75) is 19.4 Å². The number of nitrogens with two attached hydrogens (primary N) is 1. The molecule has 2 heterocycles. The third-order valence-corrected chi connectivity index (χ3v) is 4.62. The van der Waals surface area contributed by atoms with Gasteiger partial charge in [0.05, 0.1) is 11.6 Å². The lowest BCUT2D eigenvalue weighted by Gasteiger charge is -2.31. The van der Waals surface area contributed by atoms with E-state index in [-0.39, 0.29) is 0 Å². The van der Waals surface area contributed by atoms with Crippen LogP contribution >= 0.6 is 22.9 Å². The van der Waals surface area contributed by atoms with Crippen LogP contribution in [-0.2, 0) is 13.0 Å². The van der Waals surface area contributed by atoms with Gasteiger partial charge in [-0.1, -0.05) is 17.7 Å². The number of halogens is 1. The summed E-state index contributed by atoms with van der Waals surface area (Å²) in [5, 5.41) is 2.82. The van der Waals surface area contributed by atoms with Crippen LogP contribution in [0.2, 0.25) is 5.02 Å². The molecule has 0 saturated carbocycles. The minimum Gasteiger partial charge on any atom is -0.398 e. The van der Waals surface area contributed by atoms with Gasteiger partial charge >= 0.3 is 0 Å². The minimum absolute atomic E-state index is 0.833. The van der Waals surface area contributed by atoms with Gasteiger partial charge in [0.2, 0.25) is 0 Å². The highest BCUT2D eigenvalue weighted by Crippen LogP contribution is 2.33. The van der Waals surface area contributed by atoms with Crippen molar-refractivity contribution >= 4 is 34.3 Å².